The molecule has 1 saturated carbocycles. The molecule has 10 nitrogen and oxygen atoms in total. The average molecular weight is 481 g/mol. The van der Waals surface area contributed by atoms with Crippen molar-refractivity contribution in [1.82, 2.24) is 0 Å². The Hall–Kier alpha value is -2.56. The minimum Gasteiger partial charge on any atom is -0.462 e. The Morgan fingerprint density at radius 2 is 1.76 bits per heavy atom. The van der Waals surface area contributed by atoms with Crippen molar-refractivity contribution in [2.45, 2.75) is 83.9 Å². The fraction of sp³-hybridized carbons (Fsp3) is 0.667. The van der Waals surface area contributed by atoms with Crippen LogP contribution in [0.4, 0.5) is 0 Å². The van der Waals surface area contributed by atoms with Gasteiger partial charge in [0, 0.05) is 20.3 Å². The van der Waals surface area contributed by atoms with Crippen molar-refractivity contribution in [3.8, 4) is 0 Å². The quantitative estimate of drug-likeness (QED) is 0.202. The van der Waals surface area contributed by atoms with Crippen LogP contribution in [0.25, 0.3) is 0 Å². The van der Waals surface area contributed by atoms with Crippen molar-refractivity contribution in [3.63, 3.8) is 0 Å². The zero-order valence-electron chi connectivity index (χ0n) is 20.0. The number of carbonyl (C=O) groups excluding carboxylic acids is 4. The first-order chi connectivity index (χ1) is 15.8. The molecule has 1 heterocycles. The summed E-state index contributed by atoms with van der Waals surface area (Å²) in [6.45, 7) is 11.2. The Bertz CT molecular complexity index is 938. The van der Waals surface area contributed by atoms with Crippen LogP contribution in [-0.4, -0.2) is 64.1 Å². The fourth-order valence-corrected chi connectivity index (χ4v) is 5.59. The molecule has 0 amide bonds. The van der Waals surface area contributed by atoms with E-state index in [1.54, 1.807) is 13.8 Å². The summed E-state index contributed by atoms with van der Waals surface area (Å²) in [4.78, 5) is 55.4. The summed E-state index contributed by atoms with van der Waals surface area (Å²) < 4.78 is 16.6. The second kappa shape index (κ2) is 9.24. The van der Waals surface area contributed by atoms with Gasteiger partial charge in [0.25, 0.3) is 0 Å². The number of hydrogen-bond donors (Lipinski definition) is 2. The predicted octanol–water partition coefficient (Wildman–Crippen LogP) is 1.89. The standard InChI is InChI=1S/C24H32O10/c1-11-7-8-17(31-14(4)25)23(6)18(32-15(5)26)10-16(34-30)12(2)20(23)21(27)24(29)13(3)22(28)33-19(24)9-11/h9,13,16-20,29-30H,2,7-8,10H2,1,3-6H3/b11-9-/t13-,16-,17-,18-,19-,20+,23-,24-/m0/s1. The monoisotopic (exact) mass is 480 g/mol. The number of ether oxygens (including phenoxy) is 3. The van der Waals surface area contributed by atoms with E-state index < -0.39 is 71.0 Å². The largest absolute Gasteiger partial charge is 0.462 e. The van der Waals surface area contributed by atoms with Crippen LogP contribution in [0.2, 0.25) is 0 Å². The molecular formula is C24H32O10. The van der Waals surface area contributed by atoms with Crippen LogP contribution >= 0.6 is 0 Å². The van der Waals surface area contributed by atoms with Crippen LogP contribution in [0.15, 0.2) is 23.8 Å². The lowest BCUT2D eigenvalue weighted by molar-refractivity contribution is -0.287. The molecule has 3 rings (SSSR count). The molecule has 3 aliphatic rings. The summed E-state index contributed by atoms with van der Waals surface area (Å²) in [5, 5.41) is 21.3. The second-order valence-corrected chi connectivity index (χ2v) is 9.72. The Morgan fingerprint density at radius 3 is 2.32 bits per heavy atom. The van der Waals surface area contributed by atoms with Crippen LogP contribution in [0.1, 0.15) is 53.9 Å². The van der Waals surface area contributed by atoms with Gasteiger partial charge in [0.2, 0.25) is 0 Å². The van der Waals surface area contributed by atoms with Crippen LogP contribution < -0.4 is 0 Å². The van der Waals surface area contributed by atoms with E-state index in [4.69, 9.17) is 14.2 Å². The molecule has 1 aliphatic heterocycles. The highest BCUT2D eigenvalue weighted by atomic mass is 17.1. The molecule has 0 bridgehead atoms. The summed E-state index contributed by atoms with van der Waals surface area (Å²) >= 11 is 0. The lowest BCUT2D eigenvalue weighted by atomic mass is 9.55. The Labute approximate surface area is 197 Å². The Morgan fingerprint density at radius 1 is 1.18 bits per heavy atom. The van der Waals surface area contributed by atoms with E-state index >= 15 is 0 Å². The van der Waals surface area contributed by atoms with Gasteiger partial charge in [-0.05, 0) is 38.3 Å². The molecule has 0 aromatic rings. The number of Topliss-reactive ketones (excluding diaryl/α,β-unsaturated/α-hetero) is 1. The zero-order valence-corrected chi connectivity index (χ0v) is 20.0. The van der Waals surface area contributed by atoms with E-state index in [1.165, 1.54) is 26.8 Å². The molecule has 2 aliphatic carbocycles. The van der Waals surface area contributed by atoms with Gasteiger partial charge in [-0.15, -0.1) is 0 Å². The van der Waals surface area contributed by atoms with Gasteiger partial charge in [-0.3, -0.25) is 24.4 Å². The van der Waals surface area contributed by atoms with Gasteiger partial charge in [0.1, 0.15) is 18.3 Å². The number of ketones is 1. The number of fused-ring (bicyclic) bond motifs is 2. The highest BCUT2D eigenvalue weighted by Crippen LogP contribution is 2.54. The smallest absolute Gasteiger partial charge is 0.312 e. The molecule has 0 aromatic heterocycles. The molecule has 10 heteroatoms. The van der Waals surface area contributed by atoms with Crippen molar-refractivity contribution in [1.29, 1.82) is 0 Å². The third kappa shape index (κ3) is 4.08. The van der Waals surface area contributed by atoms with Crippen molar-refractivity contribution in [2.24, 2.45) is 17.3 Å². The minimum atomic E-state index is -2.27. The average Bonchev–Trinajstić information content (AvgIpc) is 2.96. The molecule has 0 aromatic carbocycles. The summed E-state index contributed by atoms with van der Waals surface area (Å²) in [6.07, 6.45) is -2.23. The molecule has 0 spiro atoms. The molecule has 0 unspecified atom stereocenters. The fourth-order valence-electron chi connectivity index (χ4n) is 5.59. The van der Waals surface area contributed by atoms with Crippen molar-refractivity contribution in [3.05, 3.63) is 23.8 Å². The third-order valence-electron chi connectivity index (χ3n) is 7.55. The van der Waals surface area contributed by atoms with Gasteiger partial charge in [0.15, 0.2) is 17.5 Å². The van der Waals surface area contributed by atoms with E-state index in [0.29, 0.717) is 12.0 Å². The first kappa shape index (κ1) is 26.1. The summed E-state index contributed by atoms with van der Waals surface area (Å²) in [7, 11) is 0. The van der Waals surface area contributed by atoms with Crippen molar-refractivity contribution in [2.75, 3.05) is 0 Å². The zero-order chi connectivity index (χ0) is 25.6. The number of allylic oxidation sites excluding steroid dienone is 1. The minimum absolute atomic E-state index is 0.0609. The van der Waals surface area contributed by atoms with Gasteiger partial charge in [-0.1, -0.05) is 19.1 Å². The van der Waals surface area contributed by atoms with Gasteiger partial charge in [0.05, 0.1) is 17.3 Å². The second-order valence-electron chi connectivity index (χ2n) is 9.72. The third-order valence-corrected chi connectivity index (χ3v) is 7.55. The summed E-state index contributed by atoms with van der Waals surface area (Å²) in [5.74, 6) is -5.34. The molecule has 2 fully saturated rings. The number of esters is 3. The molecular weight excluding hydrogens is 448 g/mol. The molecule has 0 radical (unpaired) electrons. The number of carbonyl (C=O) groups is 4. The van der Waals surface area contributed by atoms with Crippen LogP contribution in [0, 0.1) is 17.3 Å². The number of hydrogen-bond acceptors (Lipinski definition) is 10. The van der Waals surface area contributed by atoms with E-state index in [9.17, 15) is 29.5 Å². The summed E-state index contributed by atoms with van der Waals surface area (Å²) in [6, 6.07) is 0. The van der Waals surface area contributed by atoms with Crippen molar-refractivity contribution < 1.29 is 48.6 Å². The maximum absolute atomic E-state index is 14.2. The van der Waals surface area contributed by atoms with E-state index in [0.717, 1.165) is 0 Å². The molecule has 2 N–H and O–H groups in total. The number of rotatable bonds is 3. The SMILES string of the molecule is C=C1[C@@H]2C(=O)[C@@]3(O)[C@H](/C=C(/C)CC[C@H](OC(C)=O)[C@@]2(C)[C@@H](OC(C)=O)C[C@@H]1OO)OC(=O)[C@@H]3C. The lowest BCUT2D eigenvalue weighted by Gasteiger charge is -2.53. The topological polar surface area (TPSA) is 146 Å². The van der Waals surface area contributed by atoms with E-state index in [1.807, 2.05) is 0 Å². The van der Waals surface area contributed by atoms with Gasteiger partial charge < -0.3 is 19.3 Å². The maximum atomic E-state index is 14.2. The van der Waals surface area contributed by atoms with Gasteiger partial charge >= 0.3 is 17.9 Å². The lowest BCUT2D eigenvalue weighted by Crippen LogP contribution is -2.64. The maximum Gasteiger partial charge on any atom is 0.312 e. The Kier molecular flexibility index (Phi) is 7.08. The normalized spacial score (nSPS) is 42.0. The highest BCUT2D eigenvalue weighted by Gasteiger charge is 2.67. The molecule has 8 atom stereocenters. The Balaban J connectivity index is 2.30. The highest BCUT2D eigenvalue weighted by molar-refractivity contribution is 5.99. The summed E-state index contributed by atoms with van der Waals surface area (Å²) in [5.41, 5.74) is -2.85. The van der Waals surface area contributed by atoms with Crippen LogP contribution in [-0.2, 0) is 38.3 Å². The molecule has 188 valence electrons. The van der Waals surface area contributed by atoms with Crippen molar-refractivity contribution >= 4 is 23.7 Å². The van der Waals surface area contributed by atoms with Crippen LogP contribution in [0.5, 0.6) is 0 Å². The molecule has 1 saturated heterocycles. The van der Waals surface area contributed by atoms with Crippen LogP contribution in [0.3, 0.4) is 0 Å². The van der Waals surface area contributed by atoms with E-state index in [2.05, 4.69) is 11.5 Å². The first-order valence-corrected chi connectivity index (χ1v) is 11.3. The predicted molar refractivity (Wildman–Crippen MR) is 116 cm³/mol. The first-order valence-electron chi connectivity index (χ1n) is 11.3. The van der Waals surface area contributed by atoms with Gasteiger partial charge in [-0.2, -0.15) is 0 Å². The van der Waals surface area contributed by atoms with E-state index in [-0.39, 0.29) is 18.4 Å². The molecule has 34 heavy (non-hydrogen) atoms. The number of aliphatic hydroxyl groups is 1. The van der Waals surface area contributed by atoms with Gasteiger partial charge in [-0.25, -0.2) is 4.89 Å².